The van der Waals surface area contributed by atoms with Gasteiger partial charge >= 0.3 is 5.97 Å². The van der Waals surface area contributed by atoms with Crippen LogP contribution in [-0.2, 0) is 19.9 Å². The van der Waals surface area contributed by atoms with Crippen molar-refractivity contribution in [3.8, 4) is 11.5 Å². The van der Waals surface area contributed by atoms with E-state index in [9.17, 15) is 19.5 Å². The van der Waals surface area contributed by atoms with Crippen molar-refractivity contribution in [2.45, 2.75) is 18.9 Å². The van der Waals surface area contributed by atoms with Gasteiger partial charge in [0.2, 0.25) is 0 Å². The second-order valence-electron chi connectivity index (χ2n) is 6.74. The van der Waals surface area contributed by atoms with Crippen LogP contribution in [0.15, 0.2) is 42.5 Å². The minimum atomic E-state index is -2.09. The average Bonchev–Trinajstić information content (AvgIpc) is 2.95. The predicted molar refractivity (Wildman–Crippen MR) is 108 cm³/mol. The van der Waals surface area contributed by atoms with Gasteiger partial charge in [-0.1, -0.05) is 18.2 Å². The Morgan fingerprint density at radius 3 is 2.43 bits per heavy atom. The van der Waals surface area contributed by atoms with Crippen LogP contribution in [0.1, 0.15) is 29.3 Å². The summed E-state index contributed by atoms with van der Waals surface area (Å²) in [6, 6.07) is 11.1. The smallest absolute Gasteiger partial charge is 0.326 e. The number of anilines is 1. The van der Waals surface area contributed by atoms with Crippen molar-refractivity contribution >= 4 is 23.3 Å². The fraction of sp³-hybridized carbons (Fsp3) is 0.318. The maximum atomic E-state index is 13.1. The molecule has 0 aliphatic carbocycles. The monoisotopic (exact) mass is 413 g/mol. The lowest BCUT2D eigenvalue weighted by Gasteiger charge is -2.22. The highest BCUT2D eigenvalue weighted by Crippen LogP contribution is 2.43. The van der Waals surface area contributed by atoms with E-state index in [0.29, 0.717) is 17.2 Å². The van der Waals surface area contributed by atoms with E-state index in [4.69, 9.17) is 14.2 Å². The van der Waals surface area contributed by atoms with Crippen LogP contribution in [0.2, 0.25) is 0 Å². The number of benzene rings is 2. The van der Waals surface area contributed by atoms with Gasteiger partial charge < -0.3 is 19.3 Å². The summed E-state index contributed by atoms with van der Waals surface area (Å²) in [6.07, 6.45) is -0.488. The summed E-state index contributed by atoms with van der Waals surface area (Å²) in [4.78, 5) is 39.1. The topological polar surface area (TPSA) is 102 Å². The summed E-state index contributed by atoms with van der Waals surface area (Å²) in [6.45, 7) is 1.48. The van der Waals surface area contributed by atoms with Gasteiger partial charge in [-0.25, -0.2) is 0 Å². The number of amides is 1. The molecule has 1 aliphatic heterocycles. The number of hydrogen-bond donors (Lipinski definition) is 1. The third kappa shape index (κ3) is 3.73. The first-order valence-electron chi connectivity index (χ1n) is 9.40. The molecule has 3 rings (SSSR count). The lowest BCUT2D eigenvalue weighted by molar-refractivity contribution is -0.144. The first kappa shape index (κ1) is 21.3. The van der Waals surface area contributed by atoms with E-state index in [1.165, 1.54) is 26.4 Å². The number of hydrogen-bond acceptors (Lipinski definition) is 7. The molecule has 1 atom stereocenters. The highest BCUT2D eigenvalue weighted by Gasteiger charge is 2.51. The molecule has 1 aliphatic rings. The molecule has 1 heterocycles. The summed E-state index contributed by atoms with van der Waals surface area (Å²) in [7, 11) is 2.93. The number of ether oxygens (including phenoxy) is 3. The number of nitrogens with zero attached hydrogens (tertiary/aromatic N) is 1. The molecule has 0 spiro atoms. The minimum absolute atomic E-state index is 0.171. The fourth-order valence-corrected chi connectivity index (χ4v) is 3.51. The summed E-state index contributed by atoms with van der Waals surface area (Å²) in [5.74, 6) is -0.991. The Hall–Kier alpha value is -3.39. The molecule has 0 radical (unpaired) electrons. The molecule has 8 heteroatoms. The van der Waals surface area contributed by atoms with Crippen LogP contribution in [0.4, 0.5) is 5.69 Å². The van der Waals surface area contributed by atoms with Crippen LogP contribution in [0.25, 0.3) is 0 Å². The Morgan fingerprint density at radius 2 is 1.77 bits per heavy atom. The molecule has 2 aromatic carbocycles. The van der Waals surface area contributed by atoms with Crippen molar-refractivity contribution in [2.75, 3.05) is 32.3 Å². The summed E-state index contributed by atoms with van der Waals surface area (Å²) in [5, 5.41) is 11.3. The van der Waals surface area contributed by atoms with Crippen molar-refractivity contribution < 1.29 is 33.7 Å². The fourth-order valence-electron chi connectivity index (χ4n) is 3.51. The van der Waals surface area contributed by atoms with E-state index in [1.807, 2.05) is 0 Å². The predicted octanol–water partition coefficient (Wildman–Crippen LogP) is 2.07. The Balaban J connectivity index is 1.92. The minimum Gasteiger partial charge on any atom is -0.493 e. The van der Waals surface area contributed by atoms with E-state index >= 15 is 0 Å². The standard InChI is InChI=1S/C22H23NO7/c1-4-30-20(25)13-23-16-8-6-5-7-15(16)22(27,21(23)26)12-17(24)14-9-10-18(28-2)19(11-14)29-3/h5-11,27H,4,12-13H2,1-3H3/t22-/m1/s1. The lowest BCUT2D eigenvalue weighted by Crippen LogP contribution is -2.44. The molecule has 8 nitrogen and oxygen atoms in total. The zero-order valence-corrected chi connectivity index (χ0v) is 17.0. The number of Topliss-reactive ketones (excluding diaryl/α,β-unsaturated/α-hetero) is 1. The van der Waals surface area contributed by atoms with Crippen LogP contribution >= 0.6 is 0 Å². The average molecular weight is 413 g/mol. The number of ketones is 1. The summed E-state index contributed by atoms with van der Waals surface area (Å²) >= 11 is 0. The van der Waals surface area contributed by atoms with Gasteiger partial charge in [-0.3, -0.25) is 19.3 Å². The first-order chi connectivity index (χ1) is 14.3. The highest BCUT2D eigenvalue weighted by molar-refractivity contribution is 6.12. The molecule has 1 N–H and O–H groups in total. The SMILES string of the molecule is CCOC(=O)CN1C(=O)[C@@](O)(CC(=O)c2ccc(OC)c(OC)c2)c2ccccc21. The summed E-state index contributed by atoms with van der Waals surface area (Å²) < 4.78 is 15.3. The van der Waals surface area contributed by atoms with Crippen molar-refractivity contribution in [2.24, 2.45) is 0 Å². The normalized spacial score (nSPS) is 17.5. The largest absolute Gasteiger partial charge is 0.493 e. The number of rotatable bonds is 8. The summed E-state index contributed by atoms with van der Waals surface area (Å²) in [5.41, 5.74) is -1.19. The second kappa shape index (κ2) is 8.54. The quantitative estimate of drug-likeness (QED) is 0.522. The molecule has 158 valence electrons. The number of fused-ring (bicyclic) bond motifs is 1. The highest BCUT2D eigenvalue weighted by atomic mass is 16.5. The van der Waals surface area contributed by atoms with Gasteiger partial charge in [-0.05, 0) is 31.2 Å². The van der Waals surface area contributed by atoms with E-state index in [0.717, 1.165) is 4.90 Å². The van der Waals surface area contributed by atoms with Crippen LogP contribution in [0, 0.1) is 0 Å². The zero-order chi connectivity index (χ0) is 21.9. The van der Waals surface area contributed by atoms with Gasteiger partial charge in [-0.15, -0.1) is 0 Å². The molecule has 0 bridgehead atoms. The first-order valence-corrected chi connectivity index (χ1v) is 9.40. The van der Waals surface area contributed by atoms with Gasteiger partial charge in [0.05, 0.1) is 32.9 Å². The van der Waals surface area contributed by atoms with Crippen LogP contribution in [-0.4, -0.2) is 50.1 Å². The van der Waals surface area contributed by atoms with E-state index < -0.39 is 29.7 Å². The molecule has 0 unspecified atom stereocenters. The number of esters is 1. The van der Waals surface area contributed by atoms with Crippen LogP contribution < -0.4 is 14.4 Å². The van der Waals surface area contributed by atoms with Crippen molar-refractivity contribution in [3.63, 3.8) is 0 Å². The third-order valence-electron chi connectivity index (χ3n) is 4.95. The maximum Gasteiger partial charge on any atom is 0.326 e. The van der Waals surface area contributed by atoms with Gasteiger partial charge in [0.15, 0.2) is 22.9 Å². The maximum absolute atomic E-state index is 13.1. The molecule has 0 saturated carbocycles. The molecule has 30 heavy (non-hydrogen) atoms. The van der Waals surface area contributed by atoms with Gasteiger partial charge in [0, 0.05) is 11.1 Å². The zero-order valence-electron chi connectivity index (χ0n) is 17.0. The van der Waals surface area contributed by atoms with Gasteiger partial charge in [0.25, 0.3) is 5.91 Å². The molecular weight excluding hydrogens is 390 g/mol. The molecule has 0 saturated heterocycles. The van der Waals surface area contributed by atoms with Crippen molar-refractivity contribution in [1.29, 1.82) is 0 Å². The second-order valence-corrected chi connectivity index (χ2v) is 6.74. The number of methoxy groups -OCH3 is 2. The van der Waals surface area contributed by atoms with E-state index in [2.05, 4.69) is 0 Å². The Labute approximate surface area is 174 Å². The molecule has 0 aromatic heterocycles. The number of carbonyl (C=O) groups excluding carboxylic acids is 3. The Morgan fingerprint density at radius 1 is 1.07 bits per heavy atom. The van der Waals surface area contributed by atoms with Crippen molar-refractivity contribution in [3.05, 3.63) is 53.6 Å². The van der Waals surface area contributed by atoms with E-state index in [-0.39, 0.29) is 24.3 Å². The molecule has 2 aromatic rings. The lowest BCUT2D eigenvalue weighted by atomic mass is 9.88. The van der Waals surface area contributed by atoms with Gasteiger partial charge in [0.1, 0.15) is 6.54 Å². The molecule has 0 fully saturated rings. The molecular formula is C22H23NO7. The Kier molecular flexibility index (Phi) is 6.07. The van der Waals surface area contributed by atoms with Gasteiger partial charge in [-0.2, -0.15) is 0 Å². The Bertz CT molecular complexity index is 987. The van der Waals surface area contributed by atoms with E-state index in [1.54, 1.807) is 37.3 Å². The number of para-hydroxylation sites is 1. The van der Waals surface area contributed by atoms with Crippen molar-refractivity contribution in [1.82, 2.24) is 0 Å². The van der Waals surface area contributed by atoms with Crippen LogP contribution in [0.5, 0.6) is 11.5 Å². The van der Waals surface area contributed by atoms with Crippen LogP contribution in [0.3, 0.4) is 0 Å². The third-order valence-corrected chi connectivity index (χ3v) is 4.95. The molecule has 1 amide bonds. The number of aliphatic hydroxyl groups is 1. The number of carbonyl (C=O) groups is 3.